The standard InChI is InChI=1S/C18H21N3O3/c1-2-24-15-5-3-13(4-6-15)16-11-19-12-17(20-16)21-9-7-14(8-10-21)18(22)23/h3-6,11-12,14H,2,7-10H2,1H3,(H,22,23). The topological polar surface area (TPSA) is 75.5 Å². The lowest BCUT2D eigenvalue weighted by molar-refractivity contribution is -0.142. The van der Waals surface area contributed by atoms with Gasteiger partial charge in [-0.15, -0.1) is 0 Å². The summed E-state index contributed by atoms with van der Waals surface area (Å²) < 4.78 is 5.45. The van der Waals surface area contributed by atoms with E-state index in [-0.39, 0.29) is 5.92 Å². The number of nitrogens with zero attached hydrogens (tertiary/aromatic N) is 3. The van der Waals surface area contributed by atoms with Crippen LogP contribution in [0.15, 0.2) is 36.7 Å². The fourth-order valence-corrected chi connectivity index (χ4v) is 2.89. The highest BCUT2D eigenvalue weighted by Crippen LogP contribution is 2.25. The Morgan fingerprint density at radius 1 is 1.25 bits per heavy atom. The minimum Gasteiger partial charge on any atom is -0.494 e. The maximum absolute atomic E-state index is 11.1. The van der Waals surface area contributed by atoms with Gasteiger partial charge in [0.05, 0.1) is 30.6 Å². The smallest absolute Gasteiger partial charge is 0.306 e. The second kappa shape index (κ2) is 7.29. The van der Waals surface area contributed by atoms with Gasteiger partial charge in [0.15, 0.2) is 0 Å². The summed E-state index contributed by atoms with van der Waals surface area (Å²) in [5, 5.41) is 9.09. The lowest BCUT2D eigenvalue weighted by atomic mass is 9.97. The first-order chi connectivity index (χ1) is 11.7. The molecule has 0 atom stereocenters. The summed E-state index contributed by atoms with van der Waals surface area (Å²) in [5.74, 6) is 0.679. The van der Waals surface area contributed by atoms with E-state index in [2.05, 4.69) is 14.9 Å². The van der Waals surface area contributed by atoms with Gasteiger partial charge in [0.1, 0.15) is 11.6 Å². The average molecular weight is 327 g/mol. The zero-order valence-electron chi connectivity index (χ0n) is 13.7. The van der Waals surface area contributed by atoms with Gasteiger partial charge in [-0.2, -0.15) is 0 Å². The summed E-state index contributed by atoms with van der Waals surface area (Å²) in [7, 11) is 0. The number of hydrogen-bond acceptors (Lipinski definition) is 5. The largest absolute Gasteiger partial charge is 0.494 e. The number of aliphatic carboxylic acids is 1. The maximum atomic E-state index is 11.1. The van der Waals surface area contributed by atoms with Crippen LogP contribution in [0.5, 0.6) is 5.75 Å². The van der Waals surface area contributed by atoms with E-state index in [9.17, 15) is 4.79 Å². The molecule has 2 aromatic rings. The molecule has 0 spiro atoms. The molecule has 1 aromatic carbocycles. The molecule has 0 bridgehead atoms. The van der Waals surface area contributed by atoms with Crippen molar-refractivity contribution < 1.29 is 14.6 Å². The molecule has 1 aliphatic rings. The number of carboxylic acids is 1. The summed E-state index contributed by atoms with van der Waals surface area (Å²) in [6, 6.07) is 7.78. The number of anilines is 1. The Morgan fingerprint density at radius 3 is 2.58 bits per heavy atom. The van der Waals surface area contributed by atoms with Gasteiger partial charge in [-0.05, 0) is 44.0 Å². The van der Waals surface area contributed by atoms with Crippen molar-refractivity contribution in [2.75, 3.05) is 24.6 Å². The summed E-state index contributed by atoms with van der Waals surface area (Å²) in [5.41, 5.74) is 1.78. The third kappa shape index (κ3) is 3.64. The Hall–Kier alpha value is -2.63. The molecule has 3 rings (SSSR count). The molecule has 0 amide bonds. The molecule has 1 N–H and O–H groups in total. The van der Waals surface area contributed by atoms with Gasteiger partial charge in [0, 0.05) is 18.7 Å². The van der Waals surface area contributed by atoms with Gasteiger partial charge < -0.3 is 14.7 Å². The van der Waals surface area contributed by atoms with E-state index < -0.39 is 5.97 Å². The van der Waals surface area contributed by atoms with E-state index in [1.807, 2.05) is 31.2 Å². The Labute approximate surface area is 141 Å². The number of piperidine rings is 1. The number of benzene rings is 1. The number of aromatic nitrogens is 2. The highest BCUT2D eigenvalue weighted by atomic mass is 16.5. The Bertz CT molecular complexity index is 695. The molecule has 6 nitrogen and oxygen atoms in total. The fourth-order valence-electron chi connectivity index (χ4n) is 2.89. The Kier molecular flexibility index (Phi) is 4.93. The third-order valence-electron chi connectivity index (χ3n) is 4.25. The second-order valence-electron chi connectivity index (χ2n) is 5.82. The van der Waals surface area contributed by atoms with Crippen LogP contribution in [0.3, 0.4) is 0 Å². The Balaban J connectivity index is 1.73. The van der Waals surface area contributed by atoms with Gasteiger partial charge in [-0.1, -0.05) is 0 Å². The van der Waals surface area contributed by atoms with Crippen LogP contribution in [-0.2, 0) is 4.79 Å². The number of carbonyl (C=O) groups is 1. The van der Waals surface area contributed by atoms with Crippen molar-refractivity contribution in [2.45, 2.75) is 19.8 Å². The number of rotatable bonds is 5. The van der Waals surface area contributed by atoms with Crippen LogP contribution in [0.25, 0.3) is 11.3 Å². The van der Waals surface area contributed by atoms with Crippen LogP contribution in [0.4, 0.5) is 5.82 Å². The summed E-state index contributed by atoms with van der Waals surface area (Å²) in [6.45, 7) is 3.98. The van der Waals surface area contributed by atoms with Crippen LogP contribution >= 0.6 is 0 Å². The van der Waals surface area contributed by atoms with Crippen LogP contribution < -0.4 is 9.64 Å². The SMILES string of the molecule is CCOc1ccc(-c2cncc(N3CCC(C(=O)O)CC3)n2)cc1. The van der Waals surface area contributed by atoms with Crippen molar-refractivity contribution >= 4 is 11.8 Å². The average Bonchev–Trinajstić information content (AvgIpc) is 2.63. The molecule has 0 aliphatic carbocycles. The minimum atomic E-state index is -0.705. The first kappa shape index (κ1) is 16.2. The van der Waals surface area contributed by atoms with Crippen LogP contribution in [0, 0.1) is 5.92 Å². The van der Waals surface area contributed by atoms with Gasteiger partial charge in [-0.3, -0.25) is 9.78 Å². The van der Waals surface area contributed by atoms with Crippen molar-refractivity contribution in [3.8, 4) is 17.0 Å². The predicted octanol–water partition coefficient (Wildman–Crippen LogP) is 2.84. The minimum absolute atomic E-state index is 0.247. The fraction of sp³-hybridized carbons (Fsp3) is 0.389. The molecule has 126 valence electrons. The molecule has 6 heteroatoms. The molecule has 0 saturated carbocycles. The normalized spacial score (nSPS) is 15.3. The van der Waals surface area contributed by atoms with E-state index in [1.165, 1.54) is 0 Å². The molecule has 24 heavy (non-hydrogen) atoms. The highest BCUT2D eigenvalue weighted by molar-refractivity contribution is 5.70. The molecular weight excluding hydrogens is 306 g/mol. The molecule has 0 radical (unpaired) electrons. The highest BCUT2D eigenvalue weighted by Gasteiger charge is 2.25. The number of carboxylic acid groups (broad SMARTS) is 1. The van der Waals surface area contributed by atoms with Crippen molar-refractivity contribution in [3.63, 3.8) is 0 Å². The van der Waals surface area contributed by atoms with Gasteiger partial charge in [0.25, 0.3) is 0 Å². The molecule has 1 fully saturated rings. The van der Waals surface area contributed by atoms with E-state index in [1.54, 1.807) is 12.4 Å². The maximum Gasteiger partial charge on any atom is 0.306 e. The van der Waals surface area contributed by atoms with Crippen molar-refractivity contribution in [3.05, 3.63) is 36.7 Å². The lowest BCUT2D eigenvalue weighted by Gasteiger charge is -2.30. The first-order valence-electron chi connectivity index (χ1n) is 8.20. The Morgan fingerprint density at radius 2 is 1.96 bits per heavy atom. The van der Waals surface area contributed by atoms with Crippen molar-refractivity contribution in [1.29, 1.82) is 0 Å². The quantitative estimate of drug-likeness (QED) is 0.910. The summed E-state index contributed by atoms with van der Waals surface area (Å²) in [6.07, 6.45) is 4.76. The predicted molar refractivity (Wildman–Crippen MR) is 91.2 cm³/mol. The van der Waals surface area contributed by atoms with Crippen molar-refractivity contribution in [2.24, 2.45) is 5.92 Å². The zero-order chi connectivity index (χ0) is 16.9. The van der Waals surface area contributed by atoms with Gasteiger partial charge >= 0.3 is 5.97 Å². The monoisotopic (exact) mass is 327 g/mol. The molecule has 1 saturated heterocycles. The van der Waals surface area contributed by atoms with E-state index >= 15 is 0 Å². The molecule has 0 unspecified atom stereocenters. The van der Waals surface area contributed by atoms with Crippen molar-refractivity contribution in [1.82, 2.24) is 9.97 Å². The summed E-state index contributed by atoms with van der Waals surface area (Å²) >= 11 is 0. The van der Waals surface area contributed by atoms with Crippen LogP contribution in [0.2, 0.25) is 0 Å². The first-order valence-corrected chi connectivity index (χ1v) is 8.20. The lowest BCUT2D eigenvalue weighted by Crippen LogP contribution is -2.36. The third-order valence-corrected chi connectivity index (χ3v) is 4.25. The van der Waals surface area contributed by atoms with Crippen LogP contribution in [0.1, 0.15) is 19.8 Å². The zero-order valence-corrected chi connectivity index (χ0v) is 13.7. The van der Waals surface area contributed by atoms with E-state index in [0.29, 0.717) is 32.5 Å². The molecule has 1 aliphatic heterocycles. The number of ether oxygens (including phenoxy) is 1. The molecule has 2 heterocycles. The van der Waals surface area contributed by atoms with E-state index in [4.69, 9.17) is 9.84 Å². The van der Waals surface area contributed by atoms with Gasteiger partial charge in [-0.25, -0.2) is 4.98 Å². The van der Waals surface area contributed by atoms with E-state index in [0.717, 1.165) is 22.8 Å². The van der Waals surface area contributed by atoms with Gasteiger partial charge in [0.2, 0.25) is 0 Å². The molecular formula is C18H21N3O3. The second-order valence-corrected chi connectivity index (χ2v) is 5.82. The summed E-state index contributed by atoms with van der Waals surface area (Å²) in [4.78, 5) is 22.1. The van der Waals surface area contributed by atoms with Crippen LogP contribution in [-0.4, -0.2) is 40.7 Å². The number of hydrogen-bond donors (Lipinski definition) is 1. The molecule has 1 aromatic heterocycles.